The first-order valence-electron chi connectivity index (χ1n) is 8.02. The van der Waals surface area contributed by atoms with Crippen LogP contribution in [-0.2, 0) is 6.42 Å². The number of aromatic nitrogens is 3. The molecular formula is C18H16N4O3. The molecule has 4 rings (SSSR count). The first kappa shape index (κ1) is 15.3. The van der Waals surface area contributed by atoms with Crippen LogP contribution in [0.25, 0.3) is 11.4 Å². The first-order chi connectivity index (χ1) is 12.2. The number of carbonyl (C=O) groups is 1. The highest BCUT2D eigenvalue weighted by Crippen LogP contribution is 2.29. The van der Waals surface area contributed by atoms with Crippen molar-refractivity contribution in [2.24, 2.45) is 0 Å². The fourth-order valence-electron chi connectivity index (χ4n) is 2.75. The lowest BCUT2D eigenvalue weighted by Crippen LogP contribution is -2.27. The van der Waals surface area contributed by atoms with Crippen molar-refractivity contribution in [2.45, 2.75) is 19.4 Å². The maximum Gasteiger partial charge on any atom is 0.255 e. The van der Waals surface area contributed by atoms with E-state index in [2.05, 4.69) is 20.4 Å². The minimum absolute atomic E-state index is 0.229. The predicted octanol–water partition coefficient (Wildman–Crippen LogP) is 2.56. The fourth-order valence-corrected chi connectivity index (χ4v) is 2.75. The van der Waals surface area contributed by atoms with Crippen molar-refractivity contribution in [2.75, 3.05) is 6.61 Å². The van der Waals surface area contributed by atoms with Crippen molar-refractivity contribution in [1.29, 1.82) is 0 Å². The zero-order valence-corrected chi connectivity index (χ0v) is 13.6. The number of fused-ring (bicyclic) bond motifs is 1. The molecule has 0 unspecified atom stereocenters. The van der Waals surface area contributed by atoms with E-state index in [1.807, 2.05) is 18.2 Å². The minimum Gasteiger partial charge on any atom is -0.492 e. The molecule has 1 aliphatic rings. The molecule has 25 heavy (non-hydrogen) atoms. The van der Waals surface area contributed by atoms with Gasteiger partial charge in [0.25, 0.3) is 5.91 Å². The molecule has 2 aromatic heterocycles. The molecule has 1 atom stereocenters. The number of nitrogens with one attached hydrogen (secondary N) is 1. The standard InChI is InChI=1S/C18H16N4O3/c1-11(18-21-16(22-25-18)13-5-3-8-19-10-13)20-17(23)14-6-2-4-12-7-9-24-15(12)14/h2-6,8,10-11H,7,9H2,1H3,(H,20,23)/t11-/m1/s1. The fraction of sp³-hybridized carbons (Fsp3) is 0.222. The average Bonchev–Trinajstić information content (AvgIpc) is 3.31. The molecule has 0 bridgehead atoms. The molecule has 7 nitrogen and oxygen atoms in total. The van der Waals surface area contributed by atoms with Crippen LogP contribution < -0.4 is 10.1 Å². The van der Waals surface area contributed by atoms with Gasteiger partial charge in [0, 0.05) is 24.4 Å². The Labute approximate surface area is 144 Å². The molecule has 0 saturated heterocycles. The van der Waals surface area contributed by atoms with Gasteiger partial charge in [-0.1, -0.05) is 17.3 Å². The van der Waals surface area contributed by atoms with Crippen LogP contribution in [0.2, 0.25) is 0 Å². The van der Waals surface area contributed by atoms with Crippen molar-refractivity contribution in [3.8, 4) is 17.1 Å². The van der Waals surface area contributed by atoms with Crippen LogP contribution in [0, 0.1) is 0 Å². The van der Waals surface area contributed by atoms with Gasteiger partial charge in [0.2, 0.25) is 11.7 Å². The lowest BCUT2D eigenvalue weighted by atomic mass is 10.1. The number of rotatable bonds is 4. The van der Waals surface area contributed by atoms with Gasteiger partial charge in [-0.25, -0.2) is 0 Å². The van der Waals surface area contributed by atoms with Crippen molar-refractivity contribution < 1.29 is 14.1 Å². The van der Waals surface area contributed by atoms with E-state index in [1.165, 1.54) is 0 Å². The zero-order chi connectivity index (χ0) is 17.2. The maximum absolute atomic E-state index is 12.6. The third-order valence-electron chi connectivity index (χ3n) is 4.04. The number of para-hydroxylation sites is 1. The van der Waals surface area contributed by atoms with E-state index in [1.54, 1.807) is 31.5 Å². The quantitative estimate of drug-likeness (QED) is 0.787. The zero-order valence-electron chi connectivity index (χ0n) is 13.6. The van der Waals surface area contributed by atoms with Crippen molar-refractivity contribution in [3.05, 3.63) is 59.7 Å². The summed E-state index contributed by atoms with van der Waals surface area (Å²) in [5, 5.41) is 6.82. The number of benzene rings is 1. The van der Waals surface area contributed by atoms with Crippen LogP contribution in [-0.4, -0.2) is 27.6 Å². The van der Waals surface area contributed by atoms with E-state index < -0.39 is 6.04 Å². The summed E-state index contributed by atoms with van der Waals surface area (Å²) in [5.41, 5.74) is 2.33. The Morgan fingerprint density at radius 2 is 2.20 bits per heavy atom. The summed E-state index contributed by atoms with van der Waals surface area (Å²) < 4.78 is 10.9. The molecule has 1 aromatic carbocycles. The van der Waals surface area contributed by atoms with E-state index in [-0.39, 0.29) is 5.91 Å². The summed E-state index contributed by atoms with van der Waals surface area (Å²) in [4.78, 5) is 20.9. The van der Waals surface area contributed by atoms with E-state index in [4.69, 9.17) is 9.26 Å². The Morgan fingerprint density at radius 3 is 3.04 bits per heavy atom. The summed E-state index contributed by atoms with van der Waals surface area (Å²) >= 11 is 0. The van der Waals surface area contributed by atoms with E-state index >= 15 is 0 Å². The summed E-state index contributed by atoms with van der Waals surface area (Å²) in [7, 11) is 0. The van der Waals surface area contributed by atoms with Crippen LogP contribution in [0.1, 0.15) is 34.8 Å². The van der Waals surface area contributed by atoms with Crippen molar-refractivity contribution >= 4 is 5.91 Å². The summed E-state index contributed by atoms with van der Waals surface area (Å²) in [6.07, 6.45) is 4.15. The van der Waals surface area contributed by atoms with E-state index in [9.17, 15) is 4.79 Å². The SMILES string of the molecule is C[C@@H](NC(=O)c1cccc2c1OCC2)c1nc(-c2cccnc2)no1. The smallest absolute Gasteiger partial charge is 0.255 e. The van der Waals surface area contributed by atoms with Gasteiger partial charge in [-0.15, -0.1) is 0 Å². The highest BCUT2D eigenvalue weighted by Gasteiger charge is 2.23. The summed E-state index contributed by atoms with van der Waals surface area (Å²) in [6, 6.07) is 8.80. The highest BCUT2D eigenvalue weighted by atomic mass is 16.5. The average molecular weight is 336 g/mol. The maximum atomic E-state index is 12.6. The molecule has 1 aliphatic heterocycles. The van der Waals surface area contributed by atoms with Gasteiger partial charge in [0.1, 0.15) is 11.8 Å². The number of pyridine rings is 1. The molecule has 3 aromatic rings. The molecule has 0 radical (unpaired) electrons. The number of amides is 1. The number of nitrogens with zero attached hydrogens (tertiary/aromatic N) is 3. The van der Waals surface area contributed by atoms with Gasteiger partial charge < -0.3 is 14.6 Å². The van der Waals surface area contributed by atoms with Gasteiger partial charge in [-0.2, -0.15) is 4.98 Å². The predicted molar refractivity (Wildman–Crippen MR) is 89.1 cm³/mol. The van der Waals surface area contributed by atoms with E-state index in [0.29, 0.717) is 29.6 Å². The molecule has 0 spiro atoms. The molecular weight excluding hydrogens is 320 g/mol. The second-order valence-electron chi connectivity index (χ2n) is 5.79. The van der Waals surface area contributed by atoms with Crippen LogP contribution in [0.4, 0.5) is 0 Å². The van der Waals surface area contributed by atoms with Crippen LogP contribution in [0.5, 0.6) is 5.75 Å². The molecule has 0 aliphatic carbocycles. The van der Waals surface area contributed by atoms with Gasteiger partial charge in [0.15, 0.2) is 0 Å². The third-order valence-corrected chi connectivity index (χ3v) is 4.04. The molecule has 1 N–H and O–H groups in total. The number of hydrogen-bond donors (Lipinski definition) is 1. The Hall–Kier alpha value is -3.22. The number of ether oxygens (including phenoxy) is 1. The van der Waals surface area contributed by atoms with Crippen molar-refractivity contribution in [1.82, 2.24) is 20.4 Å². The van der Waals surface area contributed by atoms with Gasteiger partial charge in [-0.05, 0) is 30.7 Å². The second kappa shape index (κ2) is 6.35. The van der Waals surface area contributed by atoms with Gasteiger partial charge in [-0.3, -0.25) is 9.78 Å². The normalized spacial score (nSPS) is 13.8. The molecule has 1 amide bonds. The van der Waals surface area contributed by atoms with Crippen LogP contribution in [0.3, 0.4) is 0 Å². The van der Waals surface area contributed by atoms with Crippen LogP contribution >= 0.6 is 0 Å². The monoisotopic (exact) mass is 336 g/mol. The first-order valence-corrected chi connectivity index (χ1v) is 8.02. The Bertz CT molecular complexity index is 908. The molecule has 126 valence electrons. The van der Waals surface area contributed by atoms with Gasteiger partial charge >= 0.3 is 0 Å². The van der Waals surface area contributed by atoms with Crippen LogP contribution in [0.15, 0.2) is 47.2 Å². The third kappa shape index (κ3) is 2.96. The molecule has 0 fully saturated rings. The summed E-state index contributed by atoms with van der Waals surface area (Å²) in [6.45, 7) is 2.40. The lowest BCUT2D eigenvalue weighted by molar-refractivity contribution is 0.0929. The number of carbonyl (C=O) groups excluding carboxylic acids is 1. The van der Waals surface area contributed by atoms with E-state index in [0.717, 1.165) is 17.5 Å². The Morgan fingerprint density at radius 1 is 1.28 bits per heavy atom. The Balaban J connectivity index is 1.51. The largest absolute Gasteiger partial charge is 0.492 e. The van der Waals surface area contributed by atoms with Gasteiger partial charge in [0.05, 0.1) is 12.2 Å². The highest BCUT2D eigenvalue weighted by molar-refractivity contribution is 5.97. The summed E-state index contributed by atoms with van der Waals surface area (Å²) in [5.74, 6) is 1.20. The number of hydrogen-bond acceptors (Lipinski definition) is 6. The minimum atomic E-state index is -0.428. The lowest BCUT2D eigenvalue weighted by Gasteiger charge is -2.12. The molecule has 3 heterocycles. The van der Waals surface area contributed by atoms with Crippen molar-refractivity contribution in [3.63, 3.8) is 0 Å². The second-order valence-corrected chi connectivity index (χ2v) is 5.79. The molecule has 0 saturated carbocycles. The molecule has 7 heteroatoms. The Kier molecular flexibility index (Phi) is 3.89. The topological polar surface area (TPSA) is 90.1 Å².